The second-order valence-electron chi connectivity index (χ2n) is 4.65. The molecule has 1 N–H and O–H groups in total. The number of ether oxygens (including phenoxy) is 1. The van der Waals surface area contributed by atoms with Crippen molar-refractivity contribution in [2.75, 3.05) is 19.8 Å². The first-order valence-electron chi connectivity index (χ1n) is 6.51. The Kier molecular flexibility index (Phi) is 4.80. The van der Waals surface area contributed by atoms with Crippen molar-refractivity contribution in [3.8, 4) is 0 Å². The summed E-state index contributed by atoms with van der Waals surface area (Å²) in [5.74, 6) is 0.0946. The highest BCUT2D eigenvalue weighted by Crippen LogP contribution is 2.26. The predicted molar refractivity (Wildman–Crippen MR) is 75.0 cm³/mol. The molecule has 1 aromatic rings. The molecule has 0 radical (unpaired) electrons. The highest BCUT2D eigenvalue weighted by molar-refractivity contribution is 6.30. The molecular weight excluding hydrogens is 264 g/mol. The van der Waals surface area contributed by atoms with Crippen LogP contribution in [0.5, 0.6) is 0 Å². The maximum atomic E-state index is 12.0. The van der Waals surface area contributed by atoms with E-state index < -0.39 is 0 Å². The van der Waals surface area contributed by atoms with Crippen LogP contribution in [-0.2, 0) is 9.53 Å². The lowest BCUT2D eigenvalue weighted by Gasteiger charge is -2.30. The predicted octanol–water partition coefficient (Wildman–Crippen LogP) is 2.20. The third-order valence-electron chi connectivity index (χ3n) is 3.22. The molecule has 0 aliphatic carbocycles. The van der Waals surface area contributed by atoms with Crippen molar-refractivity contribution in [1.29, 1.82) is 0 Å². The molecule has 1 aromatic carbocycles. The van der Waals surface area contributed by atoms with Crippen LogP contribution in [0.2, 0.25) is 5.02 Å². The zero-order chi connectivity index (χ0) is 13.8. The number of halogens is 1. The van der Waals surface area contributed by atoms with E-state index in [1.54, 1.807) is 0 Å². The summed E-state index contributed by atoms with van der Waals surface area (Å²) in [6, 6.07) is 7.62. The van der Waals surface area contributed by atoms with E-state index in [4.69, 9.17) is 16.3 Å². The summed E-state index contributed by atoms with van der Waals surface area (Å²) in [5, 5.41) is 3.90. The van der Waals surface area contributed by atoms with E-state index in [1.807, 2.05) is 43.0 Å². The zero-order valence-electron chi connectivity index (χ0n) is 11.2. The van der Waals surface area contributed by atoms with Gasteiger partial charge in [0.1, 0.15) is 6.17 Å². The van der Waals surface area contributed by atoms with Crippen LogP contribution in [0.25, 0.3) is 0 Å². The van der Waals surface area contributed by atoms with E-state index >= 15 is 0 Å². The van der Waals surface area contributed by atoms with Crippen molar-refractivity contribution in [2.24, 2.45) is 0 Å². The van der Waals surface area contributed by atoms with E-state index in [0.29, 0.717) is 24.8 Å². The Hall–Kier alpha value is -1.10. The quantitative estimate of drug-likeness (QED) is 0.900. The van der Waals surface area contributed by atoms with Crippen LogP contribution in [0.3, 0.4) is 0 Å². The number of amides is 1. The second-order valence-corrected chi connectivity index (χ2v) is 5.08. The molecule has 0 bridgehead atoms. The summed E-state index contributed by atoms with van der Waals surface area (Å²) in [7, 11) is 0. The first-order valence-corrected chi connectivity index (χ1v) is 6.89. The lowest BCUT2D eigenvalue weighted by atomic mass is 10.1. The summed E-state index contributed by atoms with van der Waals surface area (Å²) < 4.78 is 5.42. The number of benzene rings is 1. The van der Waals surface area contributed by atoms with Gasteiger partial charge < -0.3 is 9.64 Å². The third kappa shape index (κ3) is 3.26. The fourth-order valence-corrected chi connectivity index (χ4v) is 2.54. The minimum Gasteiger partial charge on any atom is -0.380 e. The first kappa shape index (κ1) is 14.3. The Labute approximate surface area is 118 Å². The van der Waals surface area contributed by atoms with Gasteiger partial charge in [-0.1, -0.05) is 23.7 Å². The van der Waals surface area contributed by atoms with Gasteiger partial charge in [0.2, 0.25) is 5.91 Å². The van der Waals surface area contributed by atoms with E-state index in [9.17, 15) is 4.79 Å². The van der Waals surface area contributed by atoms with E-state index in [0.717, 1.165) is 5.56 Å². The lowest BCUT2D eigenvalue weighted by Crippen LogP contribution is -2.40. The Morgan fingerprint density at radius 2 is 2.37 bits per heavy atom. The van der Waals surface area contributed by atoms with Crippen molar-refractivity contribution < 1.29 is 9.53 Å². The number of nitrogens with zero attached hydrogens (tertiary/aromatic N) is 1. The van der Waals surface area contributed by atoms with Gasteiger partial charge >= 0.3 is 0 Å². The summed E-state index contributed by atoms with van der Waals surface area (Å²) in [6.07, 6.45) is -0.123. The average Bonchev–Trinajstić information content (AvgIpc) is 2.78. The fourth-order valence-electron chi connectivity index (χ4n) is 2.34. The first-order chi connectivity index (χ1) is 9.13. The molecule has 5 heteroatoms. The molecule has 0 saturated carbocycles. The molecule has 2 atom stereocenters. The number of rotatable bonds is 5. The molecule has 1 aliphatic heterocycles. The molecule has 1 fully saturated rings. The molecule has 1 amide bonds. The Morgan fingerprint density at radius 1 is 1.58 bits per heavy atom. The van der Waals surface area contributed by atoms with Crippen LogP contribution in [-0.4, -0.2) is 36.6 Å². The van der Waals surface area contributed by atoms with Gasteiger partial charge in [0.25, 0.3) is 0 Å². The van der Waals surface area contributed by atoms with Gasteiger partial charge in [-0.15, -0.1) is 0 Å². The van der Waals surface area contributed by atoms with Crippen LogP contribution >= 0.6 is 11.6 Å². The average molecular weight is 283 g/mol. The number of hydrogen-bond acceptors (Lipinski definition) is 3. The van der Waals surface area contributed by atoms with Crippen LogP contribution in [0.4, 0.5) is 0 Å². The van der Waals surface area contributed by atoms with Gasteiger partial charge in [-0.3, -0.25) is 10.1 Å². The molecule has 4 nitrogen and oxygen atoms in total. The van der Waals surface area contributed by atoms with Gasteiger partial charge in [0, 0.05) is 11.6 Å². The lowest BCUT2D eigenvalue weighted by molar-refractivity contribution is -0.131. The minimum absolute atomic E-state index is 0.0337. The van der Waals surface area contributed by atoms with Gasteiger partial charge in [-0.2, -0.15) is 0 Å². The van der Waals surface area contributed by atoms with E-state index in [-0.39, 0.29) is 18.1 Å². The number of carbonyl (C=O) groups excluding carboxylic acids is 1. The summed E-state index contributed by atoms with van der Waals surface area (Å²) in [5.41, 5.74) is 1.00. The highest BCUT2D eigenvalue weighted by atomic mass is 35.5. The number of carbonyl (C=O) groups is 1. The van der Waals surface area contributed by atoms with Gasteiger partial charge in [0.05, 0.1) is 19.2 Å². The second kappa shape index (κ2) is 6.37. The number of nitrogens with one attached hydrogen (secondary N) is 1. The summed E-state index contributed by atoms with van der Waals surface area (Å²) >= 11 is 6.01. The SMILES string of the molecule is CCOCC(C)N1C(=O)CNC1c1cccc(Cl)c1. The molecule has 1 aliphatic rings. The van der Waals surface area contributed by atoms with Gasteiger partial charge in [-0.05, 0) is 31.5 Å². The normalized spacial score (nSPS) is 20.9. The van der Waals surface area contributed by atoms with E-state index in [1.165, 1.54) is 0 Å². The molecule has 0 spiro atoms. The van der Waals surface area contributed by atoms with Crippen molar-refractivity contribution in [2.45, 2.75) is 26.1 Å². The van der Waals surface area contributed by atoms with E-state index in [2.05, 4.69) is 5.32 Å². The third-order valence-corrected chi connectivity index (χ3v) is 3.45. The molecule has 104 valence electrons. The maximum absolute atomic E-state index is 12.0. The fraction of sp³-hybridized carbons (Fsp3) is 0.500. The molecule has 2 unspecified atom stereocenters. The summed E-state index contributed by atoms with van der Waals surface area (Å²) in [6.45, 7) is 5.50. The Bertz CT molecular complexity index is 453. The van der Waals surface area contributed by atoms with Crippen LogP contribution < -0.4 is 5.32 Å². The molecule has 19 heavy (non-hydrogen) atoms. The van der Waals surface area contributed by atoms with Crippen LogP contribution in [0.15, 0.2) is 24.3 Å². The monoisotopic (exact) mass is 282 g/mol. The topological polar surface area (TPSA) is 41.6 Å². The molecule has 2 rings (SSSR count). The largest absolute Gasteiger partial charge is 0.380 e. The maximum Gasteiger partial charge on any atom is 0.238 e. The molecule has 0 aromatic heterocycles. The van der Waals surface area contributed by atoms with Crippen molar-refractivity contribution in [3.05, 3.63) is 34.9 Å². The van der Waals surface area contributed by atoms with Crippen molar-refractivity contribution >= 4 is 17.5 Å². The van der Waals surface area contributed by atoms with Crippen LogP contribution in [0, 0.1) is 0 Å². The molecular formula is C14H19ClN2O2. The van der Waals surface area contributed by atoms with Crippen LogP contribution in [0.1, 0.15) is 25.6 Å². The zero-order valence-corrected chi connectivity index (χ0v) is 12.0. The minimum atomic E-state index is -0.123. The molecule has 1 saturated heterocycles. The number of hydrogen-bond donors (Lipinski definition) is 1. The highest BCUT2D eigenvalue weighted by Gasteiger charge is 2.34. The smallest absolute Gasteiger partial charge is 0.238 e. The van der Waals surface area contributed by atoms with Crippen molar-refractivity contribution in [1.82, 2.24) is 10.2 Å². The Balaban J connectivity index is 2.17. The summed E-state index contributed by atoms with van der Waals surface area (Å²) in [4.78, 5) is 13.9. The van der Waals surface area contributed by atoms with Gasteiger partial charge in [-0.25, -0.2) is 0 Å². The van der Waals surface area contributed by atoms with Gasteiger partial charge in [0.15, 0.2) is 0 Å². The standard InChI is InChI=1S/C14H19ClN2O2/c1-3-19-9-10(2)17-13(18)8-16-14(17)11-5-4-6-12(15)7-11/h4-7,10,14,16H,3,8-9H2,1-2H3. The molecule has 1 heterocycles. The Morgan fingerprint density at radius 3 is 3.05 bits per heavy atom. The van der Waals surface area contributed by atoms with Crippen molar-refractivity contribution in [3.63, 3.8) is 0 Å².